The molecule has 2 aromatic rings. The predicted molar refractivity (Wildman–Crippen MR) is 67.8 cm³/mol. The van der Waals surface area contributed by atoms with Crippen molar-refractivity contribution >= 4 is 11.7 Å². The van der Waals surface area contributed by atoms with E-state index in [9.17, 15) is 18.0 Å². The Morgan fingerprint density at radius 1 is 1.29 bits per heavy atom. The van der Waals surface area contributed by atoms with Crippen LogP contribution in [0.4, 0.5) is 18.9 Å². The fourth-order valence-corrected chi connectivity index (χ4v) is 1.67. The van der Waals surface area contributed by atoms with E-state index < -0.39 is 23.3 Å². The van der Waals surface area contributed by atoms with Crippen LogP contribution in [0.5, 0.6) is 0 Å². The van der Waals surface area contributed by atoms with Gasteiger partial charge in [0.25, 0.3) is 0 Å². The first-order chi connectivity index (χ1) is 9.88. The number of hydrogen-bond acceptors (Lipinski definition) is 4. The minimum atomic E-state index is -4.59. The monoisotopic (exact) mass is 297 g/mol. The summed E-state index contributed by atoms with van der Waals surface area (Å²) in [4.78, 5) is 11.1. The molecule has 0 aliphatic rings. The van der Waals surface area contributed by atoms with Crippen LogP contribution in [0.1, 0.15) is 21.6 Å². The van der Waals surface area contributed by atoms with Crippen LogP contribution in [0.3, 0.4) is 0 Å². The van der Waals surface area contributed by atoms with E-state index in [1.807, 2.05) is 0 Å². The maximum atomic E-state index is 12.6. The van der Waals surface area contributed by atoms with Gasteiger partial charge in [-0.1, -0.05) is 0 Å². The van der Waals surface area contributed by atoms with Gasteiger partial charge in [0.1, 0.15) is 0 Å². The summed E-state index contributed by atoms with van der Waals surface area (Å²) in [6.07, 6.45) is -3.11. The molecule has 0 radical (unpaired) electrons. The van der Waals surface area contributed by atoms with Crippen LogP contribution < -0.4 is 5.32 Å². The molecular weight excluding hydrogens is 287 g/mol. The molecule has 0 fully saturated rings. The van der Waals surface area contributed by atoms with Crippen molar-refractivity contribution in [3.8, 4) is 0 Å². The first-order valence-electron chi connectivity index (χ1n) is 5.83. The smallest absolute Gasteiger partial charge is 0.416 e. The van der Waals surface area contributed by atoms with Gasteiger partial charge in [0.05, 0.1) is 23.4 Å². The summed E-state index contributed by atoms with van der Waals surface area (Å²) in [5.41, 5.74) is -0.839. The molecule has 1 heterocycles. The van der Waals surface area contributed by atoms with Crippen molar-refractivity contribution in [1.82, 2.24) is 10.2 Å². The van der Waals surface area contributed by atoms with Gasteiger partial charge in [0, 0.05) is 11.9 Å². The second kappa shape index (κ2) is 5.78. The minimum Gasteiger partial charge on any atom is -0.478 e. The summed E-state index contributed by atoms with van der Waals surface area (Å²) in [5, 5.41) is 19.2. The number of aromatic carboxylic acids is 1. The van der Waals surface area contributed by atoms with Gasteiger partial charge in [-0.05, 0) is 30.3 Å². The fraction of sp³-hybridized carbons (Fsp3) is 0.154. The molecule has 2 N–H and O–H groups in total. The Labute approximate surface area is 117 Å². The molecule has 0 unspecified atom stereocenters. The molecule has 0 amide bonds. The predicted octanol–water partition coefficient (Wildman–Crippen LogP) is 2.81. The van der Waals surface area contributed by atoms with Crippen LogP contribution in [0.2, 0.25) is 0 Å². The molecule has 0 aliphatic carbocycles. The van der Waals surface area contributed by atoms with Gasteiger partial charge >= 0.3 is 12.1 Å². The number of halogens is 3. The molecule has 0 spiro atoms. The third-order valence-electron chi connectivity index (χ3n) is 2.66. The number of nitrogens with zero attached hydrogens (tertiary/aromatic N) is 2. The van der Waals surface area contributed by atoms with Crippen molar-refractivity contribution in [2.24, 2.45) is 0 Å². The quantitative estimate of drug-likeness (QED) is 0.907. The molecule has 1 aromatic heterocycles. The Morgan fingerprint density at radius 2 is 2.05 bits per heavy atom. The van der Waals surface area contributed by atoms with Crippen LogP contribution in [0.15, 0.2) is 36.5 Å². The van der Waals surface area contributed by atoms with Crippen molar-refractivity contribution in [3.05, 3.63) is 53.3 Å². The van der Waals surface area contributed by atoms with Gasteiger partial charge in [0.2, 0.25) is 0 Å². The summed E-state index contributed by atoms with van der Waals surface area (Å²) in [5.74, 6) is -1.44. The zero-order valence-corrected chi connectivity index (χ0v) is 10.6. The number of carboxylic acids is 1. The molecule has 2 rings (SSSR count). The largest absolute Gasteiger partial charge is 0.478 e. The van der Waals surface area contributed by atoms with Crippen LogP contribution >= 0.6 is 0 Å². The number of carbonyl (C=O) groups is 1. The van der Waals surface area contributed by atoms with Crippen LogP contribution in [0, 0.1) is 0 Å². The number of carboxylic acid groups (broad SMARTS) is 1. The first kappa shape index (κ1) is 14.8. The van der Waals surface area contributed by atoms with Gasteiger partial charge < -0.3 is 10.4 Å². The normalized spacial score (nSPS) is 11.2. The summed E-state index contributed by atoms with van der Waals surface area (Å²) in [6.45, 7) is 0.152. The molecule has 21 heavy (non-hydrogen) atoms. The van der Waals surface area contributed by atoms with Crippen LogP contribution in [-0.2, 0) is 12.7 Å². The van der Waals surface area contributed by atoms with Crippen molar-refractivity contribution in [3.63, 3.8) is 0 Å². The molecule has 110 valence electrons. The lowest BCUT2D eigenvalue weighted by Gasteiger charge is -2.12. The SMILES string of the molecule is O=C(O)c1cc(C(F)(F)F)ccc1NCc1cccnn1. The van der Waals surface area contributed by atoms with Gasteiger partial charge in [-0.15, -0.1) is 0 Å². The van der Waals surface area contributed by atoms with E-state index in [0.717, 1.165) is 12.1 Å². The van der Waals surface area contributed by atoms with Gasteiger partial charge in [0.15, 0.2) is 0 Å². The zero-order valence-electron chi connectivity index (χ0n) is 10.6. The summed E-state index contributed by atoms with van der Waals surface area (Å²) >= 11 is 0. The summed E-state index contributed by atoms with van der Waals surface area (Å²) in [7, 11) is 0. The molecule has 0 atom stereocenters. The summed E-state index contributed by atoms with van der Waals surface area (Å²) < 4.78 is 37.7. The van der Waals surface area contributed by atoms with Crippen molar-refractivity contribution in [2.75, 3.05) is 5.32 Å². The number of rotatable bonds is 4. The lowest BCUT2D eigenvalue weighted by Crippen LogP contribution is -2.11. The summed E-state index contributed by atoms with van der Waals surface area (Å²) in [6, 6.07) is 5.81. The Kier molecular flexibility index (Phi) is 4.06. The van der Waals surface area contributed by atoms with Crippen LogP contribution in [0.25, 0.3) is 0 Å². The number of nitrogens with one attached hydrogen (secondary N) is 1. The highest BCUT2D eigenvalue weighted by atomic mass is 19.4. The standard InChI is InChI=1S/C13H10F3N3O2/c14-13(15,16)8-3-4-11(10(6-8)12(20)21)17-7-9-2-1-5-18-19-9/h1-6,17H,7H2,(H,20,21). The van der Waals surface area contributed by atoms with Crippen molar-refractivity contribution < 1.29 is 23.1 Å². The highest BCUT2D eigenvalue weighted by Gasteiger charge is 2.31. The highest BCUT2D eigenvalue weighted by molar-refractivity contribution is 5.94. The molecule has 0 aliphatic heterocycles. The topological polar surface area (TPSA) is 75.1 Å². The van der Waals surface area contributed by atoms with Crippen LogP contribution in [-0.4, -0.2) is 21.3 Å². The van der Waals surface area contributed by atoms with E-state index in [1.165, 1.54) is 6.20 Å². The number of benzene rings is 1. The number of alkyl halides is 3. The maximum Gasteiger partial charge on any atom is 0.416 e. The van der Waals surface area contributed by atoms with Gasteiger partial charge in [-0.3, -0.25) is 0 Å². The third kappa shape index (κ3) is 3.68. The fourth-order valence-electron chi connectivity index (χ4n) is 1.67. The molecule has 0 bridgehead atoms. The number of anilines is 1. The molecular formula is C13H10F3N3O2. The van der Waals surface area contributed by atoms with Gasteiger partial charge in [-0.25, -0.2) is 4.79 Å². The number of aromatic nitrogens is 2. The van der Waals surface area contributed by atoms with E-state index in [2.05, 4.69) is 15.5 Å². The lowest BCUT2D eigenvalue weighted by atomic mass is 10.1. The Hall–Kier alpha value is -2.64. The van der Waals surface area contributed by atoms with E-state index in [0.29, 0.717) is 11.8 Å². The Bertz CT molecular complexity index is 645. The van der Waals surface area contributed by atoms with E-state index >= 15 is 0 Å². The Balaban J connectivity index is 2.25. The highest BCUT2D eigenvalue weighted by Crippen LogP contribution is 2.32. The van der Waals surface area contributed by atoms with Gasteiger partial charge in [-0.2, -0.15) is 23.4 Å². The molecule has 0 saturated carbocycles. The van der Waals surface area contributed by atoms with Crippen molar-refractivity contribution in [1.29, 1.82) is 0 Å². The minimum absolute atomic E-state index is 0.0844. The number of hydrogen-bond donors (Lipinski definition) is 2. The van der Waals surface area contributed by atoms with E-state index in [4.69, 9.17) is 5.11 Å². The first-order valence-corrected chi connectivity index (χ1v) is 5.83. The molecule has 0 saturated heterocycles. The average Bonchev–Trinajstić information content (AvgIpc) is 2.45. The van der Waals surface area contributed by atoms with E-state index in [-0.39, 0.29) is 12.2 Å². The van der Waals surface area contributed by atoms with E-state index in [1.54, 1.807) is 12.1 Å². The lowest BCUT2D eigenvalue weighted by molar-refractivity contribution is -0.137. The molecule has 8 heteroatoms. The third-order valence-corrected chi connectivity index (χ3v) is 2.66. The maximum absolute atomic E-state index is 12.6. The zero-order chi connectivity index (χ0) is 15.5. The average molecular weight is 297 g/mol. The second-order valence-corrected chi connectivity index (χ2v) is 4.13. The Morgan fingerprint density at radius 3 is 2.62 bits per heavy atom. The molecule has 5 nitrogen and oxygen atoms in total. The second-order valence-electron chi connectivity index (χ2n) is 4.13. The molecule has 1 aromatic carbocycles. The van der Waals surface area contributed by atoms with Crippen molar-refractivity contribution in [2.45, 2.75) is 12.7 Å².